The zero-order valence-electron chi connectivity index (χ0n) is 5.87. The molecule has 0 amide bonds. The quantitative estimate of drug-likeness (QED) is 0.385. The molecule has 0 unspecified atom stereocenters. The van der Waals surface area contributed by atoms with Crippen LogP contribution in [0.4, 0.5) is 0 Å². The van der Waals surface area contributed by atoms with E-state index in [-0.39, 0.29) is 6.61 Å². The second-order valence-corrected chi connectivity index (χ2v) is 1.79. The van der Waals surface area contributed by atoms with Crippen LogP contribution in [-0.2, 0) is 14.4 Å². The largest absolute Gasteiger partial charge is 0.468 e. The molecule has 0 heterocycles. The normalized spacial score (nSPS) is 12.7. The molecule has 5 heteroatoms. The molecule has 0 aromatic carbocycles. The number of ether oxygens (including phenoxy) is 1. The Bertz CT molecular complexity index is 107. The van der Waals surface area contributed by atoms with Crippen molar-refractivity contribution >= 4 is 5.97 Å². The van der Waals surface area contributed by atoms with Crippen LogP contribution in [0, 0.1) is 0 Å². The first-order valence-electron chi connectivity index (χ1n) is 2.87. The monoisotopic (exact) mass is 148 g/mol. The van der Waals surface area contributed by atoms with Gasteiger partial charge in [-0.15, -0.1) is 0 Å². The summed E-state index contributed by atoms with van der Waals surface area (Å²) < 4.78 is 4.35. The molecule has 0 aliphatic carbocycles. The SMILES string of the molecule is COC(=O)[C@@H](N)CCON. The average molecular weight is 148 g/mol. The summed E-state index contributed by atoms with van der Waals surface area (Å²) in [5, 5.41) is 0. The Kier molecular flexibility index (Phi) is 4.82. The van der Waals surface area contributed by atoms with E-state index in [0.717, 1.165) is 0 Å². The van der Waals surface area contributed by atoms with Crippen molar-refractivity contribution in [1.82, 2.24) is 0 Å². The van der Waals surface area contributed by atoms with Crippen molar-refractivity contribution < 1.29 is 14.4 Å². The molecule has 0 aromatic rings. The van der Waals surface area contributed by atoms with E-state index in [0.29, 0.717) is 6.42 Å². The predicted molar refractivity (Wildman–Crippen MR) is 34.7 cm³/mol. The van der Waals surface area contributed by atoms with E-state index in [2.05, 4.69) is 9.57 Å². The minimum atomic E-state index is -0.631. The van der Waals surface area contributed by atoms with Crippen LogP contribution < -0.4 is 11.6 Å². The Morgan fingerprint density at radius 3 is 2.70 bits per heavy atom. The van der Waals surface area contributed by atoms with Gasteiger partial charge >= 0.3 is 5.97 Å². The van der Waals surface area contributed by atoms with Crippen molar-refractivity contribution in [3.05, 3.63) is 0 Å². The number of carbonyl (C=O) groups excluding carboxylic acids is 1. The third-order valence-electron chi connectivity index (χ3n) is 1.05. The van der Waals surface area contributed by atoms with E-state index in [9.17, 15) is 4.79 Å². The van der Waals surface area contributed by atoms with Gasteiger partial charge in [-0.05, 0) is 6.42 Å². The van der Waals surface area contributed by atoms with Crippen LogP contribution in [0.2, 0.25) is 0 Å². The fraction of sp³-hybridized carbons (Fsp3) is 0.800. The van der Waals surface area contributed by atoms with E-state index in [1.807, 2.05) is 0 Å². The molecule has 0 fully saturated rings. The Hall–Kier alpha value is -0.650. The maximum Gasteiger partial charge on any atom is 0.322 e. The van der Waals surface area contributed by atoms with Crippen LogP contribution in [0.25, 0.3) is 0 Å². The fourth-order valence-corrected chi connectivity index (χ4v) is 0.464. The molecule has 60 valence electrons. The highest BCUT2D eigenvalue weighted by Crippen LogP contribution is 1.89. The van der Waals surface area contributed by atoms with Gasteiger partial charge in [0.05, 0.1) is 13.7 Å². The molecule has 10 heavy (non-hydrogen) atoms. The second-order valence-electron chi connectivity index (χ2n) is 1.79. The summed E-state index contributed by atoms with van der Waals surface area (Å²) >= 11 is 0. The molecule has 5 nitrogen and oxygen atoms in total. The van der Waals surface area contributed by atoms with Gasteiger partial charge in [-0.1, -0.05) is 0 Å². The summed E-state index contributed by atoms with van der Waals surface area (Å²) in [5.74, 6) is 4.26. The van der Waals surface area contributed by atoms with Crippen molar-refractivity contribution in [2.45, 2.75) is 12.5 Å². The van der Waals surface area contributed by atoms with Crippen molar-refractivity contribution in [3.63, 3.8) is 0 Å². The van der Waals surface area contributed by atoms with Gasteiger partial charge < -0.3 is 15.3 Å². The summed E-state index contributed by atoms with van der Waals surface area (Å²) in [6.45, 7) is 0.260. The highest BCUT2D eigenvalue weighted by atomic mass is 16.6. The standard InChI is InChI=1S/C5H12N2O3/c1-9-5(8)4(6)2-3-10-7/h4H,2-3,6-7H2,1H3/t4-/m0/s1. The minimum absolute atomic E-state index is 0.260. The first-order chi connectivity index (χ1) is 4.72. The molecule has 0 saturated heterocycles. The van der Waals surface area contributed by atoms with E-state index >= 15 is 0 Å². The molecular formula is C5H12N2O3. The number of hydrogen-bond donors (Lipinski definition) is 2. The van der Waals surface area contributed by atoms with Crippen molar-refractivity contribution in [3.8, 4) is 0 Å². The molecule has 0 aromatic heterocycles. The number of carbonyl (C=O) groups is 1. The van der Waals surface area contributed by atoms with Crippen LogP contribution in [-0.4, -0.2) is 25.7 Å². The molecule has 0 rings (SSSR count). The van der Waals surface area contributed by atoms with Gasteiger partial charge in [0.25, 0.3) is 0 Å². The highest BCUT2D eigenvalue weighted by Gasteiger charge is 2.12. The summed E-state index contributed by atoms with van der Waals surface area (Å²) in [6, 6.07) is -0.631. The highest BCUT2D eigenvalue weighted by molar-refractivity contribution is 5.75. The number of methoxy groups -OCH3 is 1. The lowest BCUT2D eigenvalue weighted by molar-refractivity contribution is -0.142. The predicted octanol–water partition coefficient (Wildman–Crippen LogP) is -1.23. The van der Waals surface area contributed by atoms with Crippen LogP contribution in [0.3, 0.4) is 0 Å². The molecule has 4 N–H and O–H groups in total. The first-order valence-corrected chi connectivity index (χ1v) is 2.87. The summed E-state index contributed by atoms with van der Waals surface area (Å²) in [4.78, 5) is 14.8. The first kappa shape index (κ1) is 9.35. The third-order valence-corrected chi connectivity index (χ3v) is 1.05. The van der Waals surface area contributed by atoms with Gasteiger partial charge in [-0.2, -0.15) is 0 Å². The average Bonchev–Trinajstić information content (AvgIpc) is 1.98. The van der Waals surface area contributed by atoms with Crippen molar-refractivity contribution in [1.29, 1.82) is 0 Å². The number of nitrogens with two attached hydrogens (primary N) is 2. The van der Waals surface area contributed by atoms with E-state index < -0.39 is 12.0 Å². The summed E-state index contributed by atoms with van der Waals surface area (Å²) in [7, 11) is 1.28. The number of hydrogen-bond acceptors (Lipinski definition) is 5. The van der Waals surface area contributed by atoms with Crippen LogP contribution in [0.15, 0.2) is 0 Å². The van der Waals surface area contributed by atoms with E-state index in [4.69, 9.17) is 11.6 Å². The van der Waals surface area contributed by atoms with E-state index in [1.54, 1.807) is 0 Å². The lowest BCUT2D eigenvalue weighted by Gasteiger charge is -2.06. The van der Waals surface area contributed by atoms with Gasteiger partial charge in [-0.25, -0.2) is 5.90 Å². The second kappa shape index (κ2) is 5.16. The van der Waals surface area contributed by atoms with Crippen molar-refractivity contribution in [2.75, 3.05) is 13.7 Å². The van der Waals surface area contributed by atoms with Gasteiger partial charge in [0.1, 0.15) is 6.04 Å². The van der Waals surface area contributed by atoms with E-state index in [1.165, 1.54) is 7.11 Å². The van der Waals surface area contributed by atoms with Gasteiger partial charge in [0.15, 0.2) is 0 Å². The fourth-order valence-electron chi connectivity index (χ4n) is 0.464. The van der Waals surface area contributed by atoms with Crippen LogP contribution in [0.1, 0.15) is 6.42 Å². The van der Waals surface area contributed by atoms with Gasteiger partial charge in [0.2, 0.25) is 0 Å². The summed E-state index contributed by atoms with van der Waals surface area (Å²) in [6.07, 6.45) is 0.378. The Labute approximate surface area is 59.2 Å². The smallest absolute Gasteiger partial charge is 0.322 e. The Morgan fingerprint density at radius 1 is 1.70 bits per heavy atom. The van der Waals surface area contributed by atoms with Crippen LogP contribution in [0.5, 0.6) is 0 Å². The number of esters is 1. The topological polar surface area (TPSA) is 87.6 Å². The molecule has 0 bridgehead atoms. The lowest BCUT2D eigenvalue weighted by Crippen LogP contribution is -2.33. The molecule has 0 spiro atoms. The zero-order chi connectivity index (χ0) is 7.98. The zero-order valence-corrected chi connectivity index (χ0v) is 5.87. The minimum Gasteiger partial charge on any atom is -0.468 e. The van der Waals surface area contributed by atoms with Crippen molar-refractivity contribution in [2.24, 2.45) is 11.6 Å². The Balaban J connectivity index is 3.41. The van der Waals surface area contributed by atoms with Crippen LogP contribution >= 0.6 is 0 Å². The number of rotatable bonds is 4. The maximum absolute atomic E-state index is 10.6. The molecule has 0 radical (unpaired) electrons. The van der Waals surface area contributed by atoms with Gasteiger partial charge in [-0.3, -0.25) is 4.79 Å². The molecule has 0 aliphatic heterocycles. The molecule has 1 atom stereocenters. The molecular weight excluding hydrogens is 136 g/mol. The Morgan fingerprint density at radius 2 is 2.30 bits per heavy atom. The maximum atomic E-state index is 10.6. The third kappa shape index (κ3) is 3.39. The molecule has 0 saturated carbocycles. The lowest BCUT2D eigenvalue weighted by atomic mass is 10.2. The molecule has 0 aliphatic rings. The summed E-state index contributed by atoms with van der Waals surface area (Å²) in [5.41, 5.74) is 5.30. The van der Waals surface area contributed by atoms with Gasteiger partial charge in [0, 0.05) is 0 Å².